The Morgan fingerprint density at radius 1 is 1.35 bits per heavy atom. The topological polar surface area (TPSA) is 46.6 Å². The molecule has 0 N–H and O–H groups in total. The molecule has 1 aromatic rings. The molecule has 0 bridgehead atoms. The van der Waals surface area contributed by atoms with E-state index in [0.29, 0.717) is 17.6 Å². The van der Waals surface area contributed by atoms with Gasteiger partial charge < -0.3 is 4.74 Å². The number of hydrogen-bond acceptors (Lipinski definition) is 3. The Morgan fingerprint density at radius 2 is 2.00 bits per heavy atom. The monoisotopic (exact) mass is 385 g/mol. The van der Waals surface area contributed by atoms with E-state index in [-0.39, 0.29) is 4.90 Å². The third kappa shape index (κ3) is 3.75. The van der Waals surface area contributed by atoms with Gasteiger partial charge in [-0.05, 0) is 34.1 Å². The van der Waals surface area contributed by atoms with E-state index in [1.54, 1.807) is 18.2 Å². The minimum absolute atomic E-state index is 0.249. The summed E-state index contributed by atoms with van der Waals surface area (Å²) in [6.07, 6.45) is 0. The molecule has 0 aliphatic rings. The molecule has 0 amide bonds. The van der Waals surface area contributed by atoms with Gasteiger partial charge in [-0.15, -0.1) is 0 Å². The second kappa shape index (κ2) is 6.29. The largest absolute Gasteiger partial charge is 0.383 e. The van der Waals surface area contributed by atoms with Crippen LogP contribution in [0.25, 0.3) is 0 Å². The zero-order chi connectivity index (χ0) is 13.1. The van der Waals surface area contributed by atoms with Crippen molar-refractivity contribution in [2.24, 2.45) is 0 Å². The number of benzene rings is 1. The summed E-state index contributed by atoms with van der Waals surface area (Å²) in [6.45, 7) is 0.686. The van der Waals surface area contributed by atoms with Crippen molar-refractivity contribution in [3.8, 4) is 0 Å². The molecule has 0 radical (unpaired) electrons. The molecule has 0 aliphatic carbocycles. The highest BCUT2D eigenvalue weighted by Gasteiger charge is 2.22. The molecule has 0 unspecified atom stereocenters. The fraction of sp³-hybridized carbons (Fsp3) is 0.400. The quantitative estimate of drug-likeness (QED) is 0.780. The maximum absolute atomic E-state index is 12.2. The molecule has 1 aromatic carbocycles. The number of ether oxygens (including phenoxy) is 1. The number of sulfonamides is 1. The smallest absolute Gasteiger partial charge is 0.244 e. The number of halogens is 2. The summed E-state index contributed by atoms with van der Waals surface area (Å²) in [5, 5.41) is 0. The molecule has 0 saturated heterocycles. The van der Waals surface area contributed by atoms with Crippen molar-refractivity contribution < 1.29 is 13.2 Å². The number of nitrogens with zero attached hydrogens (tertiary/aromatic N) is 1. The average molecular weight is 387 g/mol. The lowest BCUT2D eigenvalue weighted by Gasteiger charge is -2.17. The van der Waals surface area contributed by atoms with Crippen LogP contribution in [0.1, 0.15) is 0 Å². The lowest BCUT2D eigenvalue weighted by molar-refractivity contribution is 0.185. The number of hydrogen-bond donors (Lipinski definition) is 0. The summed E-state index contributed by atoms with van der Waals surface area (Å²) in [5.41, 5.74) is 0. The van der Waals surface area contributed by atoms with Crippen LogP contribution in [0, 0.1) is 0 Å². The van der Waals surface area contributed by atoms with E-state index in [9.17, 15) is 8.42 Å². The summed E-state index contributed by atoms with van der Waals surface area (Å²) < 4.78 is 31.9. The molecular formula is C10H13Br2NO3S. The molecule has 96 valence electrons. The predicted molar refractivity (Wildman–Crippen MR) is 73.5 cm³/mol. The minimum atomic E-state index is -3.47. The fourth-order valence-corrected chi connectivity index (χ4v) is 4.05. The van der Waals surface area contributed by atoms with Gasteiger partial charge in [0, 0.05) is 29.6 Å². The highest BCUT2D eigenvalue weighted by Crippen LogP contribution is 2.27. The van der Waals surface area contributed by atoms with Crippen LogP contribution in [-0.4, -0.2) is 40.0 Å². The van der Waals surface area contributed by atoms with Crippen molar-refractivity contribution in [1.29, 1.82) is 0 Å². The normalized spacial score (nSPS) is 12.1. The molecule has 0 fully saturated rings. The van der Waals surface area contributed by atoms with E-state index in [1.807, 2.05) is 0 Å². The first-order valence-corrected chi connectivity index (χ1v) is 7.82. The highest BCUT2D eigenvalue weighted by atomic mass is 79.9. The maximum atomic E-state index is 12.2. The molecule has 0 atom stereocenters. The first-order valence-electron chi connectivity index (χ1n) is 4.80. The average Bonchev–Trinajstić information content (AvgIpc) is 2.25. The molecule has 0 aromatic heterocycles. The van der Waals surface area contributed by atoms with Gasteiger partial charge in [-0.2, -0.15) is 4.31 Å². The van der Waals surface area contributed by atoms with Crippen LogP contribution in [0.3, 0.4) is 0 Å². The molecule has 0 heterocycles. The van der Waals surface area contributed by atoms with Gasteiger partial charge in [-0.3, -0.25) is 0 Å². The van der Waals surface area contributed by atoms with Gasteiger partial charge in [-0.25, -0.2) is 8.42 Å². The third-order valence-corrected chi connectivity index (χ3v) is 5.52. The molecule has 0 saturated carbocycles. The Morgan fingerprint density at radius 3 is 2.53 bits per heavy atom. The lowest BCUT2D eigenvalue weighted by Crippen LogP contribution is -2.30. The Balaban J connectivity index is 3.04. The predicted octanol–water partition coefficient (Wildman–Crippen LogP) is 2.48. The van der Waals surface area contributed by atoms with Gasteiger partial charge in [0.25, 0.3) is 0 Å². The van der Waals surface area contributed by atoms with Crippen molar-refractivity contribution in [3.63, 3.8) is 0 Å². The van der Waals surface area contributed by atoms with E-state index >= 15 is 0 Å². The van der Waals surface area contributed by atoms with Crippen molar-refractivity contribution in [3.05, 3.63) is 27.1 Å². The van der Waals surface area contributed by atoms with Crippen LogP contribution in [0.4, 0.5) is 0 Å². The van der Waals surface area contributed by atoms with E-state index in [0.717, 1.165) is 4.47 Å². The summed E-state index contributed by atoms with van der Waals surface area (Å²) in [5.74, 6) is 0. The van der Waals surface area contributed by atoms with Gasteiger partial charge in [0.15, 0.2) is 0 Å². The summed E-state index contributed by atoms with van der Waals surface area (Å²) in [6, 6.07) is 4.96. The van der Waals surface area contributed by atoms with Gasteiger partial charge in [0.05, 0.1) is 11.5 Å². The standard InChI is InChI=1S/C10H13Br2NO3S/c1-13(5-6-16-2)17(14,15)10-4-3-8(11)7-9(10)12/h3-4,7H,5-6H2,1-2H3. The molecule has 1 rings (SSSR count). The van der Waals surface area contributed by atoms with Crippen molar-refractivity contribution in [1.82, 2.24) is 4.31 Å². The van der Waals surface area contributed by atoms with Crippen molar-refractivity contribution in [2.45, 2.75) is 4.90 Å². The van der Waals surface area contributed by atoms with Crippen LogP contribution in [0.2, 0.25) is 0 Å². The van der Waals surface area contributed by atoms with Crippen molar-refractivity contribution in [2.75, 3.05) is 27.3 Å². The Bertz CT molecular complexity index is 490. The van der Waals surface area contributed by atoms with E-state index in [1.165, 1.54) is 18.5 Å². The molecule has 17 heavy (non-hydrogen) atoms. The Labute approximate surface area is 118 Å². The molecular weight excluding hydrogens is 374 g/mol. The van der Waals surface area contributed by atoms with Gasteiger partial charge in [0.1, 0.15) is 0 Å². The molecule has 0 aliphatic heterocycles. The summed E-state index contributed by atoms with van der Waals surface area (Å²) in [7, 11) is -0.405. The zero-order valence-corrected chi connectivity index (χ0v) is 13.5. The lowest BCUT2D eigenvalue weighted by atomic mass is 10.4. The van der Waals surface area contributed by atoms with Crippen molar-refractivity contribution >= 4 is 41.9 Å². The first kappa shape index (κ1) is 15.1. The number of rotatable bonds is 5. The number of methoxy groups -OCH3 is 1. The molecule has 0 spiro atoms. The summed E-state index contributed by atoms with van der Waals surface area (Å²) in [4.78, 5) is 0.249. The third-order valence-electron chi connectivity index (χ3n) is 2.19. The van der Waals surface area contributed by atoms with Gasteiger partial charge in [0.2, 0.25) is 10.0 Å². The zero-order valence-electron chi connectivity index (χ0n) is 9.48. The highest BCUT2D eigenvalue weighted by molar-refractivity contribution is 9.11. The molecule has 7 heteroatoms. The van der Waals surface area contributed by atoms with Crippen LogP contribution >= 0.6 is 31.9 Å². The molecule has 4 nitrogen and oxygen atoms in total. The van der Waals surface area contributed by atoms with E-state index in [2.05, 4.69) is 31.9 Å². The van der Waals surface area contributed by atoms with Crippen LogP contribution in [-0.2, 0) is 14.8 Å². The first-order chi connectivity index (χ1) is 7.89. The SMILES string of the molecule is COCCN(C)S(=O)(=O)c1ccc(Br)cc1Br. The second-order valence-electron chi connectivity index (χ2n) is 3.39. The van der Waals surface area contributed by atoms with E-state index < -0.39 is 10.0 Å². The van der Waals surface area contributed by atoms with Crippen LogP contribution in [0.15, 0.2) is 32.0 Å². The fourth-order valence-electron chi connectivity index (χ4n) is 1.19. The second-order valence-corrected chi connectivity index (χ2v) is 7.18. The van der Waals surface area contributed by atoms with Crippen LogP contribution < -0.4 is 0 Å². The Kier molecular flexibility index (Phi) is 5.59. The Hall–Kier alpha value is 0.0500. The van der Waals surface area contributed by atoms with E-state index in [4.69, 9.17) is 4.74 Å². The number of likely N-dealkylation sites (N-methyl/N-ethyl adjacent to an activating group) is 1. The van der Waals surface area contributed by atoms with Gasteiger partial charge >= 0.3 is 0 Å². The minimum Gasteiger partial charge on any atom is -0.383 e. The summed E-state index contributed by atoms with van der Waals surface area (Å²) >= 11 is 6.54. The van der Waals surface area contributed by atoms with Crippen LogP contribution in [0.5, 0.6) is 0 Å². The maximum Gasteiger partial charge on any atom is 0.244 e. The van der Waals surface area contributed by atoms with Gasteiger partial charge in [-0.1, -0.05) is 15.9 Å².